The zero-order valence-electron chi connectivity index (χ0n) is 42.9. The van der Waals surface area contributed by atoms with Crippen molar-refractivity contribution in [2.75, 3.05) is 47.9 Å². The molecule has 0 bridgehead atoms. The lowest BCUT2D eigenvalue weighted by atomic mass is 9.77. The van der Waals surface area contributed by atoms with E-state index >= 15 is 0 Å². The van der Waals surface area contributed by atoms with Crippen molar-refractivity contribution in [1.29, 1.82) is 0 Å². The molecule has 0 saturated carbocycles. The van der Waals surface area contributed by atoms with Crippen LogP contribution in [0.15, 0.2) is 24.3 Å². The third-order valence-electron chi connectivity index (χ3n) is 14.6. The molecule has 0 spiro atoms. The monoisotopic (exact) mass is 999 g/mol. The highest BCUT2D eigenvalue weighted by Gasteiger charge is 2.58. The fourth-order valence-corrected chi connectivity index (χ4v) is 10.9. The lowest BCUT2D eigenvalue weighted by Gasteiger charge is -2.49. The fraction of sp³-hybridized carbons (Fsp3) is 0.796. The first kappa shape index (κ1) is 56.5. The van der Waals surface area contributed by atoms with Gasteiger partial charge >= 0.3 is 18.2 Å². The van der Waals surface area contributed by atoms with Crippen LogP contribution in [-0.4, -0.2) is 182 Å². The van der Waals surface area contributed by atoms with E-state index < -0.39 is 108 Å². The normalized spacial score (nSPS) is 40.6. The maximum Gasteiger partial charge on any atom is 0.509 e. The lowest BCUT2D eigenvalue weighted by molar-refractivity contribution is -0.317. The lowest BCUT2D eigenvalue weighted by Crippen LogP contribution is -2.61. The predicted octanol–water partition coefficient (Wildman–Crippen LogP) is 4.90. The van der Waals surface area contributed by atoms with Crippen molar-refractivity contribution in [2.45, 2.75) is 185 Å². The Bertz CT molecular complexity index is 1900. The number of aliphatic hydroxyl groups excluding tert-OH is 1. The number of likely N-dealkylation sites (N-methyl/N-ethyl adjacent to an activating group) is 2. The van der Waals surface area contributed by atoms with Gasteiger partial charge in [-0.15, -0.1) is 0 Å². The molecule has 4 N–H and O–H groups in total. The highest BCUT2D eigenvalue weighted by molar-refractivity contribution is 6.30. The van der Waals surface area contributed by atoms with Crippen LogP contribution in [0.3, 0.4) is 0 Å². The zero-order valence-corrected chi connectivity index (χ0v) is 43.6. The molecule has 4 fully saturated rings. The second-order valence-corrected chi connectivity index (χ2v) is 21.1. The second-order valence-electron chi connectivity index (χ2n) is 20.6. The first-order chi connectivity index (χ1) is 32.2. The Morgan fingerprint density at radius 3 is 2.22 bits per heavy atom. The number of amides is 2. The molecule has 4 aliphatic rings. The summed E-state index contributed by atoms with van der Waals surface area (Å²) >= 11 is 5.94. The summed E-state index contributed by atoms with van der Waals surface area (Å²) in [4.78, 5) is 57.3. The first-order valence-corrected chi connectivity index (χ1v) is 24.6. The van der Waals surface area contributed by atoms with Crippen LogP contribution in [0.2, 0.25) is 5.02 Å². The molecule has 4 heterocycles. The topological polar surface area (TPSA) is 222 Å². The summed E-state index contributed by atoms with van der Waals surface area (Å²) < 4.78 is 56.5. The Kier molecular flexibility index (Phi) is 19.2. The number of fused-ring (bicyclic) bond motifs is 1. The number of rotatable bonds is 12. The average molecular weight is 1000 g/mol. The van der Waals surface area contributed by atoms with E-state index in [2.05, 4.69) is 10.6 Å². The molecule has 392 valence electrons. The molecule has 18 atom stereocenters. The molecule has 0 unspecified atom stereocenters. The highest BCUT2D eigenvalue weighted by Crippen LogP contribution is 2.42. The van der Waals surface area contributed by atoms with Crippen LogP contribution in [0.4, 0.5) is 9.59 Å². The minimum atomic E-state index is -1.62. The number of halogens is 1. The van der Waals surface area contributed by atoms with E-state index in [0.29, 0.717) is 23.6 Å². The SMILES string of the molecule is CC[C@H]1OC(=O)[C@H](C)[C@@H](O[C@H]2C[C@@](C)(OC)[C@@H](OC(=O)NCCNC(=O)c3ccc(Cl)cc3)[C@H](C)O2)[C@H](C)[C@@H](O[C@@H]2O[C@H](C)C[C@H](N(C)C)[C@H]2O)[C@](C)(O)C[C@@H](C)CN(C)[C@H](C)[C@H]2OC(=O)O[C@@]21C. The Morgan fingerprint density at radius 1 is 0.942 bits per heavy atom. The van der Waals surface area contributed by atoms with Gasteiger partial charge in [0.1, 0.15) is 17.8 Å². The number of benzene rings is 1. The zero-order chi connectivity index (χ0) is 51.3. The number of esters is 1. The fourth-order valence-electron chi connectivity index (χ4n) is 10.8. The van der Waals surface area contributed by atoms with E-state index in [0.717, 1.165) is 0 Å². The minimum absolute atomic E-state index is 0.0220. The molecule has 19 nitrogen and oxygen atoms in total. The molecule has 1 aromatic carbocycles. The smallest absolute Gasteiger partial charge is 0.458 e. The molecule has 0 aliphatic carbocycles. The third kappa shape index (κ3) is 13.4. The van der Waals surface area contributed by atoms with Crippen LogP contribution in [0.1, 0.15) is 105 Å². The number of alkyl carbamates (subject to hydrolysis) is 1. The van der Waals surface area contributed by atoms with Gasteiger partial charge in [0.2, 0.25) is 0 Å². The Morgan fingerprint density at radius 2 is 1.59 bits per heavy atom. The standard InChI is InChI=1S/C49H79ClN4O15/c1-15-35-49(10)40(68-46(59)69-49)30(6)54(13)25-26(2)23-47(8,60)39(66-44-37(55)34(53(11)12)22-27(3)62-44)28(4)38(29(5)43(57)64-35)65-36-24-48(9,61-14)41(31(7)63-36)67-45(58)52-21-20-51-42(56)32-16-18-33(50)19-17-32/h16-19,26-31,34-41,44,55,60H,15,20-25H2,1-14H3,(H,51,56)(H,52,58)/t26-,27-,28+,29-,30-,31+,34+,35-,36+,37-,38+,39-,40-,41+,44+,47-,48-,49-/m1/s1. The van der Waals surface area contributed by atoms with Crippen molar-refractivity contribution >= 4 is 35.7 Å². The van der Waals surface area contributed by atoms with E-state index in [1.54, 1.807) is 58.9 Å². The Labute approximate surface area is 412 Å². The van der Waals surface area contributed by atoms with Gasteiger partial charge in [0.05, 0.1) is 35.9 Å². The molecular weight excluding hydrogens is 920 g/mol. The molecule has 4 saturated heterocycles. The van der Waals surface area contributed by atoms with Crippen LogP contribution in [-0.2, 0) is 47.4 Å². The van der Waals surface area contributed by atoms with Gasteiger partial charge in [-0.25, -0.2) is 9.59 Å². The van der Waals surface area contributed by atoms with Crippen molar-refractivity contribution in [3.8, 4) is 0 Å². The number of nitrogens with one attached hydrogen (secondary N) is 2. The number of nitrogens with zero attached hydrogens (tertiary/aromatic N) is 2. The van der Waals surface area contributed by atoms with Gasteiger partial charge in [-0.3, -0.25) is 14.5 Å². The molecule has 69 heavy (non-hydrogen) atoms. The molecule has 5 rings (SSSR count). The van der Waals surface area contributed by atoms with Gasteiger partial charge in [0.25, 0.3) is 5.91 Å². The second kappa shape index (κ2) is 23.5. The van der Waals surface area contributed by atoms with Crippen LogP contribution >= 0.6 is 11.6 Å². The minimum Gasteiger partial charge on any atom is -0.458 e. The molecule has 1 aromatic rings. The quantitative estimate of drug-likeness (QED) is 0.124. The maximum absolute atomic E-state index is 14.7. The molecule has 0 aromatic heterocycles. The summed E-state index contributed by atoms with van der Waals surface area (Å²) in [6.07, 6.45) is -9.93. The number of aliphatic hydroxyl groups is 2. The van der Waals surface area contributed by atoms with Crippen molar-refractivity contribution in [3.63, 3.8) is 0 Å². The van der Waals surface area contributed by atoms with E-state index in [-0.39, 0.29) is 56.3 Å². The molecule has 4 aliphatic heterocycles. The van der Waals surface area contributed by atoms with Crippen molar-refractivity contribution in [1.82, 2.24) is 20.4 Å². The van der Waals surface area contributed by atoms with Gasteiger partial charge in [-0.2, -0.15) is 0 Å². The van der Waals surface area contributed by atoms with E-state index in [1.807, 2.05) is 65.6 Å². The van der Waals surface area contributed by atoms with Crippen molar-refractivity contribution in [3.05, 3.63) is 34.9 Å². The summed E-state index contributed by atoms with van der Waals surface area (Å²) in [6.45, 7) is 18.6. The predicted molar refractivity (Wildman–Crippen MR) is 253 cm³/mol. The molecule has 0 radical (unpaired) electrons. The highest BCUT2D eigenvalue weighted by atomic mass is 35.5. The molecular formula is C49H79ClN4O15. The van der Waals surface area contributed by atoms with Gasteiger partial charge < -0.3 is 68.4 Å². The number of carbonyl (C=O) groups is 4. The average Bonchev–Trinajstić information content (AvgIpc) is 3.59. The number of carbonyl (C=O) groups excluding carboxylic acids is 4. The van der Waals surface area contributed by atoms with Crippen LogP contribution in [0.5, 0.6) is 0 Å². The Balaban J connectivity index is 1.45. The Hall–Kier alpha value is -3.37. The van der Waals surface area contributed by atoms with E-state index in [9.17, 15) is 29.4 Å². The summed E-state index contributed by atoms with van der Waals surface area (Å²) in [5, 5.41) is 30.4. The van der Waals surface area contributed by atoms with E-state index in [4.69, 9.17) is 54.2 Å². The summed E-state index contributed by atoms with van der Waals surface area (Å²) in [7, 11) is 7.14. The summed E-state index contributed by atoms with van der Waals surface area (Å²) in [5.41, 5.74) is -3.75. The van der Waals surface area contributed by atoms with Crippen molar-refractivity contribution < 1.29 is 72.0 Å². The first-order valence-electron chi connectivity index (χ1n) is 24.3. The van der Waals surface area contributed by atoms with Crippen LogP contribution in [0, 0.1) is 17.8 Å². The number of methoxy groups -OCH3 is 1. The third-order valence-corrected chi connectivity index (χ3v) is 14.9. The maximum atomic E-state index is 14.7. The van der Waals surface area contributed by atoms with Crippen LogP contribution in [0.25, 0.3) is 0 Å². The van der Waals surface area contributed by atoms with Gasteiger partial charge in [-0.1, -0.05) is 32.4 Å². The molecule has 2 amide bonds. The largest absolute Gasteiger partial charge is 0.509 e. The number of hydrogen-bond donors (Lipinski definition) is 4. The van der Waals surface area contributed by atoms with Gasteiger partial charge in [0.15, 0.2) is 30.4 Å². The molecule has 20 heteroatoms. The number of ether oxygens (including phenoxy) is 9. The van der Waals surface area contributed by atoms with Crippen LogP contribution < -0.4 is 10.6 Å². The van der Waals surface area contributed by atoms with Gasteiger partial charge in [0, 0.05) is 61.8 Å². The van der Waals surface area contributed by atoms with Gasteiger partial charge in [-0.05, 0) is 119 Å². The summed E-state index contributed by atoms with van der Waals surface area (Å²) in [6, 6.07) is 5.71. The summed E-state index contributed by atoms with van der Waals surface area (Å²) in [5.74, 6) is -3.08. The number of cyclic esters (lactones) is 1. The van der Waals surface area contributed by atoms with Crippen molar-refractivity contribution in [2.24, 2.45) is 17.8 Å². The van der Waals surface area contributed by atoms with E-state index in [1.165, 1.54) is 7.11 Å². The number of hydrogen-bond acceptors (Lipinski definition) is 17.